The zero-order valence-corrected chi connectivity index (χ0v) is 12.3. The van der Waals surface area contributed by atoms with E-state index in [1.165, 1.54) is 6.42 Å². The number of hydrogen-bond acceptors (Lipinski definition) is 4. The van der Waals surface area contributed by atoms with Gasteiger partial charge in [-0.3, -0.25) is 4.79 Å². The third-order valence-electron chi connectivity index (χ3n) is 3.48. The molecule has 1 fully saturated rings. The Morgan fingerprint density at radius 1 is 1.55 bits per heavy atom. The van der Waals surface area contributed by atoms with E-state index in [0.717, 1.165) is 37.3 Å². The Balaban J connectivity index is 1.89. The van der Waals surface area contributed by atoms with Crippen LogP contribution in [-0.4, -0.2) is 37.2 Å². The largest absolute Gasteiger partial charge is 0.368 e. The minimum absolute atomic E-state index is 0.0728. The quantitative estimate of drug-likeness (QED) is 0.867. The van der Waals surface area contributed by atoms with Gasteiger partial charge in [0.15, 0.2) is 0 Å². The maximum atomic E-state index is 11.9. The monoisotopic (exact) mass is 277 g/mol. The summed E-state index contributed by atoms with van der Waals surface area (Å²) in [6.45, 7) is 3.84. The lowest BCUT2D eigenvalue weighted by atomic mass is 10.2. The number of nitrogens with zero attached hydrogens (tertiary/aromatic N) is 2. The van der Waals surface area contributed by atoms with Crippen molar-refractivity contribution < 1.29 is 9.53 Å². The van der Waals surface area contributed by atoms with Gasteiger partial charge in [0.25, 0.3) is 5.91 Å². The van der Waals surface area contributed by atoms with Crippen LogP contribution >= 0.6 is 0 Å². The fourth-order valence-electron chi connectivity index (χ4n) is 2.20. The summed E-state index contributed by atoms with van der Waals surface area (Å²) in [4.78, 5) is 18.4. The van der Waals surface area contributed by atoms with Gasteiger partial charge in [-0.1, -0.05) is 13.3 Å². The first-order valence-corrected chi connectivity index (χ1v) is 7.30. The number of ether oxygens (including phenoxy) is 1. The van der Waals surface area contributed by atoms with Gasteiger partial charge in [-0.15, -0.1) is 0 Å². The molecule has 20 heavy (non-hydrogen) atoms. The molecular formula is C15H23N3O2. The normalized spacial score (nSPS) is 18.0. The van der Waals surface area contributed by atoms with Crippen LogP contribution in [0.3, 0.4) is 0 Å². The van der Waals surface area contributed by atoms with Crippen LogP contribution in [0.1, 0.15) is 32.6 Å². The summed E-state index contributed by atoms with van der Waals surface area (Å²) in [5, 5.41) is 2.85. The second-order valence-corrected chi connectivity index (χ2v) is 5.17. The standard InChI is InChI=1S/C15H23N3O2/c1-3-4-9-18(2)14-8-7-12(11-16-14)17-15(19)13-6-5-10-20-13/h7-8,11,13H,3-6,9-10H2,1-2H3,(H,17,19). The maximum absolute atomic E-state index is 11.9. The van der Waals surface area contributed by atoms with Crippen molar-refractivity contribution in [2.24, 2.45) is 0 Å². The van der Waals surface area contributed by atoms with Gasteiger partial charge in [-0.2, -0.15) is 0 Å². The Hall–Kier alpha value is -1.62. The van der Waals surface area contributed by atoms with Crippen LogP contribution in [0.4, 0.5) is 11.5 Å². The molecule has 1 aliphatic heterocycles. The number of aromatic nitrogens is 1. The van der Waals surface area contributed by atoms with Gasteiger partial charge in [0.1, 0.15) is 11.9 Å². The van der Waals surface area contributed by atoms with Gasteiger partial charge in [0, 0.05) is 20.2 Å². The van der Waals surface area contributed by atoms with Crippen LogP contribution < -0.4 is 10.2 Å². The van der Waals surface area contributed by atoms with E-state index in [1.807, 2.05) is 19.2 Å². The highest BCUT2D eigenvalue weighted by molar-refractivity contribution is 5.94. The number of unbranched alkanes of at least 4 members (excludes halogenated alkanes) is 1. The van der Waals surface area contributed by atoms with Crippen LogP contribution in [0.25, 0.3) is 0 Å². The number of rotatable bonds is 6. The molecule has 0 aromatic carbocycles. The van der Waals surface area contributed by atoms with Crippen LogP contribution in [0.5, 0.6) is 0 Å². The molecule has 0 bridgehead atoms. The number of nitrogens with one attached hydrogen (secondary N) is 1. The fourth-order valence-corrected chi connectivity index (χ4v) is 2.20. The SMILES string of the molecule is CCCCN(C)c1ccc(NC(=O)C2CCCO2)cn1. The lowest BCUT2D eigenvalue weighted by molar-refractivity contribution is -0.124. The Morgan fingerprint density at radius 3 is 3.00 bits per heavy atom. The van der Waals surface area contributed by atoms with Crippen molar-refractivity contribution in [3.8, 4) is 0 Å². The highest BCUT2D eigenvalue weighted by Crippen LogP contribution is 2.17. The van der Waals surface area contributed by atoms with E-state index >= 15 is 0 Å². The summed E-state index contributed by atoms with van der Waals surface area (Å²) in [6.07, 6.45) is 5.47. The smallest absolute Gasteiger partial charge is 0.253 e. The second kappa shape index (κ2) is 7.24. The van der Waals surface area contributed by atoms with Crippen molar-refractivity contribution in [1.82, 2.24) is 4.98 Å². The molecule has 0 saturated carbocycles. The van der Waals surface area contributed by atoms with Crippen molar-refractivity contribution in [3.63, 3.8) is 0 Å². The molecule has 1 aliphatic rings. The van der Waals surface area contributed by atoms with Gasteiger partial charge in [-0.25, -0.2) is 4.98 Å². The number of carbonyl (C=O) groups excluding carboxylic acids is 1. The van der Waals surface area contributed by atoms with Gasteiger partial charge in [0.05, 0.1) is 11.9 Å². The average Bonchev–Trinajstić information content (AvgIpc) is 3.00. The Labute approximate surface area is 120 Å². The molecule has 0 aliphatic carbocycles. The molecule has 1 saturated heterocycles. The van der Waals surface area contributed by atoms with Crippen molar-refractivity contribution >= 4 is 17.4 Å². The number of carbonyl (C=O) groups is 1. The summed E-state index contributed by atoms with van der Waals surface area (Å²) >= 11 is 0. The highest BCUT2D eigenvalue weighted by Gasteiger charge is 2.23. The van der Waals surface area contributed by atoms with Crippen molar-refractivity contribution in [2.45, 2.75) is 38.7 Å². The van der Waals surface area contributed by atoms with E-state index in [4.69, 9.17) is 4.74 Å². The van der Waals surface area contributed by atoms with Gasteiger partial charge >= 0.3 is 0 Å². The molecule has 1 amide bonds. The summed E-state index contributed by atoms with van der Waals surface area (Å²) in [5.41, 5.74) is 0.721. The topological polar surface area (TPSA) is 54.5 Å². The zero-order valence-electron chi connectivity index (χ0n) is 12.3. The molecule has 1 aromatic rings. The molecule has 0 spiro atoms. The van der Waals surface area contributed by atoms with E-state index in [2.05, 4.69) is 22.1 Å². The van der Waals surface area contributed by atoms with E-state index in [1.54, 1.807) is 6.20 Å². The zero-order chi connectivity index (χ0) is 14.4. The van der Waals surface area contributed by atoms with E-state index in [-0.39, 0.29) is 12.0 Å². The number of hydrogen-bond donors (Lipinski definition) is 1. The maximum Gasteiger partial charge on any atom is 0.253 e. The lowest BCUT2D eigenvalue weighted by Gasteiger charge is -2.18. The van der Waals surface area contributed by atoms with Gasteiger partial charge < -0.3 is 15.0 Å². The minimum Gasteiger partial charge on any atom is -0.368 e. The van der Waals surface area contributed by atoms with Crippen molar-refractivity contribution in [1.29, 1.82) is 0 Å². The third kappa shape index (κ3) is 3.93. The molecule has 2 rings (SSSR count). The summed E-state index contributed by atoms with van der Waals surface area (Å²) < 4.78 is 5.35. The van der Waals surface area contributed by atoms with Crippen molar-refractivity contribution in [3.05, 3.63) is 18.3 Å². The Kier molecular flexibility index (Phi) is 5.35. The highest BCUT2D eigenvalue weighted by atomic mass is 16.5. The summed E-state index contributed by atoms with van der Waals surface area (Å²) in [7, 11) is 2.03. The molecule has 5 nitrogen and oxygen atoms in total. The average molecular weight is 277 g/mol. The number of pyridine rings is 1. The van der Waals surface area contributed by atoms with Gasteiger partial charge in [0.2, 0.25) is 0 Å². The van der Waals surface area contributed by atoms with E-state index in [0.29, 0.717) is 6.61 Å². The number of anilines is 2. The molecule has 1 N–H and O–H groups in total. The second-order valence-electron chi connectivity index (χ2n) is 5.17. The fraction of sp³-hybridized carbons (Fsp3) is 0.600. The predicted octanol–water partition coefficient (Wildman–Crippen LogP) is 2.44. The first-order valence-electron chi connectivity index (χ1n) is 7.30. The van der Waals surface area contributed by atoms with E-state index < -0.39 is 0 Å². The lowest BCUT2D eigenvalue weighted by Crippen LogP contribution is -2.27. The third-order valence-corrected chi connectivity index (χ3v) is 3.48. The van der Waals surface area contributed by atoms with Crippen LogP contribution in [0.15, 0.2) is 18.3 Å². The first kappa shape index (κ1) is 14.8. The molecule has 1 atom stereocenters. The van der Waals surface area contributed by atoms with Crippen LogP contribution in [-0.2, 0) is 9.53 Å². The van der Waals surface area contributed by atoms with Gasteiger partial charge in [-0.05, 0) is 31.4 Å². The predicted molar refractivity (Wildman–Crippen MR) is 80.0 cm³/mol. The molecule has 1 unspecified atom stereocenters. The number of amides is 1. The summed E-state index contributed by atoms with van der Waals surface area (Å²) in [5.74, 6) is 0.852. The van der Waals surface area contributed by atoms with Crippen molar-refractivity contribution in [2.75, 3.05) is 30.4 Å². The Morgan fingerprint density at radius 2 is 2.40 bits per heavy atom. The van der Waals surface area contributed by atoms with Crippen LogP contribution in [0.2, 0.25) is 0 Å². The first-order chi connectivity index (χ1) is 9.70. The molecule has 0 radical (unpaired) electrons. The molecule has 5 heteroatoms. The molecule has 2 heterocycles. The van der Waals surface area contributed by atoms with Crippen LogP contribution in [0, 0.1) is 0 Å². The minimum atomic E-state index is -0.304. The molecule has 1 aromatic heterocycles. The molecule has 110 valence electrons. The Bertz CT molecular complexity index is 427. The molecular weight excluding hydrogens is 254 g/mol. The summed E-state index contributed by atoms with van der Waals surface area (Å²) in [6, 6.07) is 3.82. The van der Waals surface area contributed by atoms with E-state index in [9.17, 15) is 4.79 Å².